The van der Waals surface area contributed by atoms with Crippen molar-refractivity contribution in [3.8, 4) is 0 Å². The Morgan fingerprint density at radius 3 is 2.57 bits per heavy atom. The van der Waals surface area contributed by atoms with Crippen LogP contribution in [0.1, 0.15) is 40.0 Å². The van der Waals surface area contributed by atoms with Gasteiger partial charge in [-0.15, -0.1) is 0 Å². The maximum atomic E-state index is 11.6. The molecule has 1 heterocycles. The molecule has 0 aliphatic carbocycles. The number of ether oxygens (including phenoxy) is 1. The van der Waals surface area contributed by atoms with E-state index in [0.717, 1.165) is 19.4 Å². The molecule has 0 radical (unpaired) electrons. The lowest BCUT2D eigenvalue weighted by Crippen LogP contribution is -2.42. The van der Waals surface area contributed by atoms with Gasteiger partial charge in [-0.25, -0.2) is 0 Å². The van der Waals surface area contributed by atoms with Crippen molar-refractivity contribution in [1.82, 2.24) is 5.32 Å². The summed E-state index contributed by atoms with van der Waals surface area (Å²) in [6.07, 6.45) is 3.24. The summed E-state index contributed by atoms with van der Waals surface area (Å²) in [5, 5.41) is 3.19. The highest BCUT2D eigenvalue weighted by atomic mass is 16.5. The summed E-state index contributed by atoms with van der Waals surface area (Å²) in [4.78, 5) is 11.6. The molecule has 1 rings (SSSR count). The summed E-state index contributed by atoms with van der Waals surface area (Å²) >= 11 is 0. The van der Waals surface area contributed by atoms with Gasteiger partial charge in [-0.05, 0) is 32.2 Å². The molecule has 14 heavy (non-hydrogen) atoms. The molecule has 0 aromatic heterocycles. The summed E-state index contributed by atoms with van der Waals surface area (Å²) in [7, 11) is 0. The van der Waals surface area contributed by atoms with Crippen molar-refractivity contribution in [1.29, 1.82) is 0 Å². The van der Waals surface area contributed by atoms with Crippen LogP contribution in [0.4, 0.5) is 0 Å². The first kappa shape index (κ1) is 11.5. The van der Waals surface area contributed by atoms with E-state index < -0.39 is 0 Å². The van der Waals surface area contributed by atoms with Gasteiger partial charge in [0.25, 0.3) is 0 Å². The van der Waals surface area contributed by atoms with E-state index in [-0.39, 0.29) is 18.1 Å². The third-order valence-electron chi connectivity index (χ3n) is 2.84. The van der Waals surface area contributed by atoms with Gasteiger partial charge in [0.05, 0.1) is 0 Å². The van der Waals surface area contributed by atoms with Gasteiger partial charge in [0.1, 0.15) is 12.1 Å². The van der Waals surface area contributed by atoms with Gasteiger partial charge in [-0.3, -0.25) is 4.79 Å². The van der Waals surface area contributed by atoms with E-state index in [2.05, 4.69) is 19.2 Å². The molecule has 1 aliphatic rings. The Labute approximate surface area is 86.2 Å². The number of carbonyl (C=O) groups excluding carboxylic acids is 1. The highest BCUT2D eigenvalue weighted by Gasteiger charge is 2.24. The van der Waals surface area contributed by atoms with Gasteiger partial charge < -0.3 is 10.1 Å². The molecule has 2 atom stereocenters. The van der Waals surface area contributed by atoms with E-state index >= 15 is 0 Å². The Balaban J connectivity index is 2.33. The Morgan fingerprint density at radius 1 is 1.36 bits per heavy atom. The molecule has 1 unspecified atom stereocenters. The molecular weight excluding hydrogens is 178 g/mol. The van der Waals surface area contributed by atoms with E-state index in [1.165, 1.54) is 6.42 Å². The van der Waals surface area contributed by atoms with Crippen molar-refractivity contribution >= 4 is 5.97 Å². The number of esters is 1. The maximum Gasteiger partial charge on any atom is 0.323 e. The molecule has 3 heteroatoms. The van der Waals surface area contributed by atoms with Gasteiger partial charge in [0.2, 0.25) is 0 Å². The SMILES string of the molecule is CC(C)C(C)OC(=O)[C@@H]1CCCCN1. The topological polar surface area (TPSA) is 38.3 Å². The Hall–Kier alpha value is -0.570. The Kier molecular flexibility index (Phi) is 4.39. The quantitative estimate of drug-likeness (QED) is 0.703. The standard InChI is InChI=1S/C11H21NO2/c1-8(2)9(3)14-11(13)10-6-4-5-7-12-10/h8-10,12H,4-7H2,1-3H3/t9?,10-/m0/s1. The third-order valence-corrected chi connectivity index (χ3v) is 2.84. The van der Waals surface area contributed by atoms with E-state index in [4.69, 9.17) is 4.74 Å². The average molecular weight is 199 g/mol. The average Bonchev–Trinajstić information content (AvgIpc) is 2.19. The van der Waals surface area contributed by atoms with Crippen LogP contribution in [0.15, 0.2) is 0 Å². The van der Waals surface area contributed by atoms with Crippen molar-refractivity contribution < 1.29 is 9.53 Å². The van der Waals surface area contributed by atoms with Crippen molar-refractivity contribution in [2.24, 2.45) is 5.92 Å². The van der Waals surface area contributed by atoms with Crippen LogP contribution in [-0.4, -0.2) is 24.7 Å². The molecule has 0 aromatic carbocycles. The van der Waals surface area contributed by atoms with Crippen LogP contribution in [-0.2, 0) is 9.53 Å². The second-order valence-electron chi connectivity index (χ2n) is 4.39. The summed E-state index contributed by atoms with van der Waals surface area (Å²) in [6, 6.07) is -0.0649. The lowest BCUT2D eigenvalue weighted by atomic mass is 10.0. The second kappa shape index (κ2) is 5.35. The van der Waals surface area contributed by atoms with Gasteiger partial charge in [0.15, 0.2) is 0 Å². The minimum atomic E-state index is -0.0779. The first-order chi connectivity index (χ1) is 6.61. The van der Waals surface area contributed by atoms with Gasteiger partial charge >= 0.3 is 5.97 Å². The molecule has 3 nitrogen and oxygen atoms in total. The van der Waals surface area contributed by atoms with Crippen molar-refractivity contribution in [3.63, 3.8) is 0 Å². The summed E-state index contributed by atoms with van der Waals surface area (Å²) < 4.78 is 5.35. The van der Waals surface area contributed by atoms with E-state index in [1.807, 2.05) is 6.92 Å². The van der Waals surface area contributed by atoms with E-state index in [1.54, 1.807) is 0 Å². The predicted molar refractivity (Wildman–Crippen MR) is 56.0 cm³/mol. The molecule has 0 spiro atoms. The number of nitrogens with one attached hydrogen (secondary N) is 1. The van der Waals surface area contributed by atoms with Crippen molar-refractivity contribution in [2.45, 2.75) is 52.2 Å². The Bertz CT molecular complexity index is 186. The number of carbonyl (C=O) groups is 1. The normalized spacial score (nSPS) is 24.7. The first-order valence-electron chi connectivity index (χ1n) is 5.55. The van der Waals surface area contributed by atoms with Crippen LogP contribution >= 0.6 is 0 Å². The molecule has 1 saturated heterocycles. The zero-order valence-electron chi connectivity index (χ0n) is 9.38. The maximum absolute atomic E-state index is 11.6. The van der Waals surface area contributed by atoms with Crippen LogP contribution in [0.2, 0.25) is 0 Å². The van der Waals surface area contributed by atoms with Crippen LogP contribution in [0.5, 0.6) is 0 Å². The minimum absolute atomic E-state index is 0.0197. The van der Waals surface area contributed by atoms with Crippen molar-refractivity contribution in [3.05, 3.63) is 0 Å². The molecule has 1 fully saturated rings. The van der Waals surface area contributed by atoms with Gasteiger partial charge in [-0.2, -0.15) is 0 Å². The zero-order chi connectivity index (χ0) is 10.6. The Morgan fingerprint density at radius 2 is 2.07 bits per heavy atom. The fraction of sp³-hybridized carbons (Fsp3) is 0.909. The monoisotopic (exact) mass is 199 g/mol. The summed E-state index contributed by atoms with van der Waals surface area (Å²) in [6.45, 7) is 7.01. The van der Waals surface area contributed by atoms with E-state index in [0.29, 0.717) is 5.92 Å². The van der Waals surface area contributed by atoms with Gasteiger partial charge in [0, 0.05) is 0 Å². The van der Waals surface area contributed by atoms with Crippen molar-refractivity contribution in [2.75, 3.05) is 6.54 Å². The minimum Gasteiger partial charge on any atom is -0.461 e. The second-order valence-corrected chi connectivity index (χ2v) is 4.39. The number of hydrogen-bond donors (Lipinski definition) is 1. The zero-order valence-corrected chi connectivity index (χ0v) is 9.38. The molecule has 82 valence electrons. The fourth-order valence-corrected chi connectivity index (χ4v) is 1.45. The first-order valence-corrected chi connectivity index (χ1v) is 5.55. The lowest BCUT2D eigenvalue weighted by molar-refractivity contribution is -0.153. The molecule has 1 aliphatic heterocycles. The molecule has 1 N–H and O–H groups in total. The molecular formula is C11H21NO2. The smallest absolute Gasteiger partial charge is 0.323 e. The molecule has 0 amide bonds. The molecule has 0 bridgehead atoms. The van der Waals surface area contributed by atoms with Crippen LogP contribution in [0.3, 0.4) is 0 Å². The number of hydrogen-bond acceptors (Lipinski definition) is 3. The number of rotatable bonds is 3. The predicted octanol–water partition coefficient (Wildman–Crippen LogP) is 1.72. The lowest BCUT2D eigenvalue weighted by Gasteiger charge is -2.24. The fourth-order valence-electron chi connectivity index (χ4n) is 1.45. The van der Waals surface area contributed by atoms with Crippen LogP contribution in [0.25, 0.3) is 0 Å². The van der Waals surface area contributed by atoms with Crippen LogP contribution < -0.4 is 5.32 Å². The molecule has 0 aromatic rings. The molecule has 0 saturated carbocycles. The third kappa shape index (κ3) is 3.29. The highest BCUT2D eigenvalue weighted by Crippen LogP contribution is 2.12. The summed E-state index contributed by atoms with van der Waals surface area (Å²) in [5.41, 5.74) is 0. The van der Waals surface area contributed by atoms with Gasteiger partial charge in [-0.1, -0.05) is 20.3 Å². The van der Waals surface area contributed by atoms with E-state index in [9.17, 15) is 4.79 Å². The van der Waals surface area contributed by atoms with Crippen LogP contribution in [0, 0.1) is 5.92 Å². The summed E-state index contributed by atoms with van der Waals surface area (Å²) in [5.74, 6) is 0.313. The highest BCUT2D eigenvalue weighted by molar-refractivity contribution is 5.76. The number of piperidine rings is 1. The largest absolute Gasteiger partial charge is 0.461 e.